The minimum atomic E-state index is 0.672. The lowest BCUT2D eigenvalue weighted by Crippen LogP contribution is -2.03. The number of nitrogens with zero attached hydrogens (tertiary/aromatic N) is 1. The number of para-hydroxylation sites is 1. The molecule has 0 saturated carbocycles. The SMILES string of the molecule is N=Cc1ccccc1NCc1ccccn1. The first-order valence-electron chi connectivity index (χ1n) is 5.13. The third-order valence-corrected chi connectivity index (χ3v) is 2.30. The summed E-state index contributed by atoms with van der Waals surface area (Å²) in [6, 6.07) is 13.6. The maximum absolute atomic E-state index is 7.29. The van der Waals surface area contributed by atoms with E-state index in [1.165, 1.54) is 6.21 Å². The third-order valence-electron chi connectivity index (χ3n) is 2.30. The second kappa shape index (κ2) is 5.07. The van der Waals surface area contributed by atoms with Crippen LogP contribution in [0.15, 0.2) is 48.7 Å². The maximum Gasteiger partial charge on any atom is 0.0594 e. The van der Waals surface area contributed by atoms with Crippen LogP contribution in [-0.4, -0.2) is 11.2 Å². The van der Waals surface area contributed by atoms with E-state index in [2.05, 4.69) is 10.3 Å². The van der Waals surface area contributed by atoms with Gasteiger partial charge in [0.2, 0.25) is 0 Å². The van der Waals surface area contributed by atoms with Gasteiger partial charge in [0, 0.05) is 23.7 Å². The standard InChI is InChI=1S/C13H13N3/c14-9-11-5-1-2-7-13(11)16-10-12-6-3-4-8-15-12/h1-9,14,16H,10H2. The Bertz CT molecular complexity index is 466. The summed E-state index contributed by atoms with van der Waals surface area (Å²) in [5, 5.41) is 10.6. The Hall–Kier alpha value is -2.16. The number of benzene rings is 1. The van der Waals surface area contributed by atoms with Gasteiger partial charge in [-0.2, -0.15) is 0 Å². The van der Waals surface area contributed by atoms with E-state index in [9.17, 15) is 0 Å². The van der Waals surface area contributed by atoms with Crippen LogP contribution in [0.25, 0.3) is 0 Å². The average Bonchev–Trinajstić information content (AvgIpc) is 2.38. The molecule has 0 aliphatic rings. The highest BCUT2D eigenvalue weighted by molar-refractivity contribution is 5.85. The zero-order valence-corrected chi connectivity index (χ0v) is 8.85. The summed E-state index contributed by atoms with van der Waals surface area (Å²) >= 11 is 0. The molecule has 0 bridgehead atoms. The molecule has 2 rings (SSSR count). The molecule has 0 spiro atoms. The van der Waals surface area contributed by atoms with Gasteiger partial charge in [0.1, 0.15) is 0 Å². The number of hydrogen-bond acceptors (Lipinski definition) is 3. The van der Waals surface area contributed by atoms with E-state index >= 15 is 0 Å². The first-order valence-corrected chi connectivity index (χ1v) is 5.13. The monoisotopic (exact) mass is 211 g/mol. The van der Waals surface area contributed by atoms with Crippen molar-refractivity contribution < 1.29 is 0 Å². The molecule has 0 atom stereocenters. The summed E-state index contributed by atoms with van der Waals surface area (Å²) in [5.74, 6) is 0. The summed E-state index contributed by atoms with van der Waals surface area (Å²) in [6.07, 6.45) is 3.13. The molecular weight excluding hydrogens is 198 g/mol. The van der Waals surface area contributed by atoms with Crippen molar-refractivity contribution in [1.29, 1.82) is 5.41 Å². The molecule has 0 radical (unpaired) electrons. The van der Waals surface area contributed by atoms with E-state index in [0.717, 1.165) is 16.9 Å². The van der Waals surface area contributed by atoms with Gasteiger partial charge in [-0.15, -0.1) is 0 Å². The molecule has 2 aromatic rings. The molecular formula is C13H13N3. The molecule has 3 nitrogen and oxygen atoms in total. The molecule has 1 aromatic carbocycles. The molecule has 0 amide bonds. The van der Waals surface area contributed by atoms with E-state index in [1.54, 1.807) is 6.20 Å². The summed E-state index contributed by atoms with van der Waals surface area (Å²) in [5.41, 5.74) is 2.84. The molecule has 1 heterocycles. The van der Waals surface area contributed by atoms with Crippen LogP contribution in [-0.2, 0) is 6.54 Å². The van der Waals surface area contributed by atoms with Crippen LogP contribution in [0.4, 0.5) is 5.69 Å². The number of nitrogens with one attached hydrogen (secondary N) is 2. The molecule has 0 aliphatic carbocycles. The quantitative estimate of drug-likeness (QED) is 0.764. The van der Waals surface area contributed by atoms with Crippen molar-refractivity contribution in [3.05, 3.63) is 59.9 Å². The highest BCUT2D eigenvalue weighted by Crippen LogP contribution is 2.13. The topological polar surface area (TPSA) is 48.8 Å². The lowest BCUT2D eigenvalue weighted by molar-refractivity contribution is 1.05. The molecule has 80 valence electrons. The fourth-order valence-corrected chi connectivity index (χ4v) is 1.47. The summed E-state index contributed by atoms with van der Waals surface area (Å²) < 4.78 is 0. The molecule has 0 aliphatic heterocycles. The van der Waals surface area contributed by atoms with Gasteiger partial charge in [-0.3, -0.25) is 4.98 Å². The normalized spacial score (nSPS) is 9.75. The summed E-state index contributed by atoms with van der Waals surface area (Å²) in [7, 11) is 0. The van der Waals surface area contributed by atoms with Gasteiger partial charge in [-0.25, -0.2) is 0 Å². The first-order chi connectivity index (χ1) is 7.90. The fraction of sp³-hybridized carbons (Fsp3) is 0.0769. The van der Waals surface area contributed by atoms with E-state index in [4.69, 9.17) is 5.41 Å². The van der Waals surface area contributed by atoms with Crippen LogP contribution in [0.5, 0.6) is 0 Å². The van der Waals surface area contributed by atoms with Gasteiger partial charge in [0.25, 0.3) is 0 Å². The number of rotatable bonds is 4. The molecule has 16 heavy (non-hydrogen) atoms. The smallest absolute Gasteiger partial charge is 0.0594 e. The molecule has 2 N–H and O–H groups in total. The van der Waals surface area contributed by atoms with E-state index < -0.39 is 0 Å². The molecule has 3 heteroatoms. The lowest BCUT2D eigenvalue weighted by Gasteiger charge is -2.08. The molecule has 0 saturated heterocycles. The minimum absolute atomic E-state index is 0.672. The van der Waals surface area contributed by atoms with Crippen molar-refractivity contribution in [3.63, 3.8) is 0 Å². The predicted octanol–water partition coefficient (Wildman–Crippen LogP) is 2.69. The van der Waals surface area contributed by atoms with Crippen molar-refractivity contribution >= 4 is 11.9 Å². The van der Waals surface area contributed by atoms with Gasteiger partial charge >= 0.3 is 0 Å². The Balaban J connectivity index is 2.08. The van der Waals surface area contributed by atoms with E-state index in [1.807, 2.05) is 42.5 Å². The van der Waals surface area contributed by atoms with Gasteiger partial charge in [-0.1, -0.05) is 24.3 Å². The second-order valence-electron chi connectivity index (χ2n) is 3.41. The Morgan fingerprint density at radius 1 is 1.12 bits per heavy atom. The Morgan fingerprint density at radius 3 is 2.69 bits per heavy atom. The third kappa shape index (κ3) is 2.45. The van der Waals surface area contributed by atoms with E-state index in [0.29, 0.717) is 6.54 Å². The van der Waals surface area contributed by atoms with Crippen molar-refractivity contribution in [2.75, 3.05) is 5.32 Å². The van der Waals surface area contributed by atoms with Crippen molar-refractivity contribution in [2.45, 2.75) is 6.54 Å². The van der Waals surface area contributed by atoms with Crippen LogP contribution in [0.2, 0.25) is 0 Å². The van der Waals surface area contributed by atoms with Gasteiger partial charge in [0.05, 0.1) is 12.2 Å². The number of pyridine rings is 1. The summed E-state index contributed by atoms with van der Waals surface area (Å²) in [4.78, 5) is 4.23. The Morgan fingerprint density at radius 2 is 1.94 bits per heavy atom. The second-order valence-corrected chi connectivity index (χ2v) is 3.41. The molecule has 1 aromatic heterocycles. The zero-order valence-electron chi connectivity index (χ0n) is 8.85. The van der Waals surface area contributed by atoms with Crippen molar-refractivity contribution in [1.82, 2.24) is 4.98 Å². The largest absolute Gasteiger partial charge is 0.379 e. The van der Waals surface area contributed by atoms with Gasteiger partial charge in [0.15, 0.2) is 0 Å². The van der Waals surface area contributed by atoms with Crippen LogP contribution in [0.1, 0.15) is 11.3 Å². The average molecular weight is 211 g/mol. The molecule has 0 fully saturated rings. The highest BCUT2D eigenvalue weighted by atomic mass is 14.9. The van der Waals surface area contributed by atoms with Crippen LogP contribution >= 0.6 is 0 Å². The predicted molar refractivity (Wildman–Crippen MR) is 65.9 cm³/mol. The summed E-state index contributed by atoms with van der Waals surface area (Å²) in [6.45, 7) is 0.672. The van der Waals surface area contributed by atoms with E-state index in [-0.39, 0.29) is 0 Å². The Labute approximate surface area is 94.7 Å². The van der Waals surface area contributed by atoms with Crippen molar-refractivity contribution in [3.8, 4) is 0 Å². The Kier molecular flexibility index (Phi) is 3.28. The number of aromatic nitrogens is 1. The molecule has 0 unspecified atom stereocenters. The lowest BCUT2D eigenvalue weighted by atomic mass is 10.2. The van der Waals surface area contributed by atoms with Gasteiger partial charge in [-0.05, 0) is 18.2 Å². The minimum Gasteiger partial charge on any atom is -0.379 e. The number of anilines is 1. The maximum atomic E-state index is 7.29. The fourth-order valence-electron chi connectivity index (χ4n) is 1.47. The van der Waals surface area contributed by atoms with Crippen LogP contribution in [0, 0.1) is 5.41 Å². The zero-order chi connectivity index (χ0) is 11.2. The van der Waals surface area contributed by atoms with Crippen LogP contribution in [0.3, 0.4) is 0 Å². The number of hydrogen-bond donors (Lipinski definition) is 2. The highest BCUT2D eigenvalue weighted by Gasteiger charge is 1.98. The van der Waals surface area contributed by atoms with Gasteiger partial charge < -0.3 is 10.7 Å². The van der Waals surface area contributed by atoms with Crippen LogP contribution < -0.4 is 5.32 Å². The van der Waals surface area contributed by atoms with Crippen molar-refractivity contribution in [2.24, 2.45) is 0 Å². The first kappa shape index (κ1) is 10.4.